The van der Waals surface area contributed by atoms with Crippen LogP contribution in [0, 0.1) is 0 Å². The van der Waals surface area contributed by atoms with E-state index in [1.165, 1.54) is 17.4 Å². The van der Waals surface area contributed by atoms with Crippen LogP contribution in [0.25, 0.3) is 17.8 Å². The predicted molar refractivity (Wildman–Crippen MR) is 113 cm³/mol. The number of carbonyl (C=O) groups excluding carboxylic acids is 1. The zero-order chi connectivity index (χ0) is 20.2. The summed E-state index contributed by atoms with van der Waals surface area (Å²) in [6.07, 6.45) is 6.72. The second kappa shape index (κ2) is 8.12. The summed E-state index contributed by atoms with van der Waals surface area (Å²) in [6, 6.07) is 16.5. The first-order chi connectivity index (χ1) is 14.1. The van der Waals surface area contributed by atoms with Crippen molar-refractivity contribution in [2.75, 3.05) is 7.11 Å². The van der Waals surface area contributed by atoms with Gasteiger partial charge in [-0.25, -0.2) is 4.68 Å². The van der Waals surface area contributed by atoms with Crippen LogP contribution in [0.4, 0.5) is 0 Å². The highest BCUT2D eigenvalue weighted by molar-refractivity contribution is 7.07. The summed E-state index contributed by atoms with van der Waals surface area (Å²) < 4.78 is 7.84. The molecule has 0 amide bonds. The molecule has 0 radical (unpaired) electrons. The van der Waals surface area contributed by atoms with Gasteiger partial charge < -0.3 is 9.72 Å². The molecule has 144 valence electrons. The fourth-order valence-corrected chi connectivity index (χ4v) is 3.65. The minimum absolute atomic E-state index is 0.186. The van der Waals surface area contributed by atoms with Gasteiger partial charge in [-0.2, -0.15) is 5.10 Å². The Labute approximate surface area is 170 Å². The first-order valence-electron chi connectivity index (χ1n) is 8.83. The van der Waals surface area contributed by atoms with Crippen LogP contribution >= 0.6 is 11.3 Å². The van der Waals surface area contributed by atoms with E-state index >= 15 is 0 Å². The van der Waals surface area contributed by atoms with E-state index in [9.17, 15) is 9.59 Å². The fraction of sp³-hybridized carbons (Fsp3) is 0.0455. The molecule has 29 heavy (non-hydrogen) atoms. The molecule has 0 fully saturated rings. The molecule has 0 saturated carbocycles. The molecule has 7 heteroatoms. The number of thiazole rings is 1. The van der Waals surface area contributed by atoms with E-state index in [4.69, 9.17) is 4.74 Å². The van der Waals surface area contributed by atoms with Crippen LogP contribution in [0.2, 0.25) is 0 Å². The highest BCUT2D eigenvalue weighted by Crippen LogP contribution is 2.12. The van der Waals surface area contributed by atoms with Gasteiger partial charge >= 0.3 is 0 Å². The molecule has 2 heterocycles. The van der Waals surface area contributed by atoms with Crippen molar-refractivity contribution in [2.24, 2.45) is 0 Å². The molecule has 2 aromatic carbocycles. The van der Waals surface area contributed by atoms with Crippen molar-refractivity contribution in [1.82, 2.24) is 14.8 Å². The minimum atomic E-state index is -0.240. The van der Waals surface area contributed by atoms with Crippen molar-refractivity contribution in [1.29, 1.82) is 0 Å². The van der Waals surface area contributed by atoms with Gasteiger partial charge in [0.05, 0.1) is 28.2 Å². The zero-order valence-corrected chi connectivity index (χ0v) is 16.3. The van der Waals surface area contributed by atoms with Crippen molar-refractivity contribution in [2.45, 2.75) is 0 Å². The van der Waals surface area contributed by atoms with Crippen LogP contribution in [-0.4, -0.2) is 27.7 Å². The first kappa shape index (κ1) is 18.6. The number of hydrogen-bond donors (Lipinski definition) is 1. The average molecular weight is 403 g/mol. The lowest BCUT2D eigenvalue weighted by Crippen LogP contribution is -2.19. The molecule has 6 nitrogen and oxygen atoms in total. The van der Waals surface area contributed by atoms with E-state index in [1.807, 2.05) is 36.5 Å². The Morgan fingerprint density at radius 1 is 1.14 bits per heavy atom. The number of hydrogen-bond acceptors (Lipinski definition) is 5. The smallest absolute Gasteiger partial charge is 0.266 e. The van der Waals surface area contributed by atoms with Crippen LogP contribution in [0.3, 0.4) is 0 Å². The van der Waals surface area contributed by atoms with E-state index in [0.717, 1.165) is 11.3 Å². The molecular weight excluding hydrogens is 386 g/mol. The molecule has 0 saturated heterocycles. The molecule has 1 N–H and O–H groups in total. The highest BCUT2D eigenvalue weighted by Gasteiger charge is 2.04. The van der Waals surface area contributed by atoms with Crippen molar-refractivity contribution < 1.29 is 9.53 Å². The first-order valence-corrected chi connectivity index (χ1v) is 9.65. The van der Waals surface area contributed by atoms with Gasteiger partial charge in [-0.05, 0) is 42.5 Å². The van der Waals surface area contributed by atoms with Crippen molar-refractivity contribution in [3.05, 3.63) is 97.7 Å². The number of ether oxygens (including phenoxy) is 1. The van der Waals surface area contributed by atoms with Crippen molar-refractivity contribution >= 4 is 29.3 Å². The number of methoxy groups -OCH3 is 1. The quantitative estimate of drug-likeness (QED) is 0.518. The van der Waals surface area contributed by atoms with Crippen LogP contribution in [0.5, 0.6) is 5.75 Å². The van der Waals surface area contributed by atoms with Gasteiger partial charge in [-0.15, -0.1) is 11.3 Å². The summed E-state index contributed by atoms with van der Waals surface area (Å²) in [5.41, 5.74) is 2.02. The number of nitrogens with one attached hydrogen (secondary N) is 1. The van der Waals surface area contributed by atoms with Crippen molar-refractivity contribution in [3.8, 4) is 11.4 Å². The lowest BCUT2D eigenvalue weighted by atomic mass is 10.1. The number of Topliss-reactive ketones (excluding diaryl/α,β-unsaturated/α-hetero) is 1. The Bertz CT molecular complexity index is 1320. The van der Waals surface area contributed by atoms with Gasteiger partial charge in [-0.3, -0.25) is 9.59 Å². The Balaban J connectivity index is 1.62. The maximum Gasteiger partial charge on any atom is 0.266 e. The standard InChI is InChI=1S/C22H17N3O3S/c1-28-18-9-7-16(8-10-18)19(26)12-21-24-22(27)20(29-21)11-15-13-23-25(14-15)17-5-3-2-4-6-17/h2-14H,1H3,(H,24,27)/b20-11+,21-12+. The van der Waals surface area contributed by atoms with Gasteiger partial charge in [0.1, 0.15) is 5.75 Å². The molecule has 0 bridgehead atoms. The topological polar surface area (TPSA) is 77.0 Å². The Hall–Kier alpha value is -3.71. The summed E-state index contributed by atoms with van der Waals surface area (Å²) in [4.78, 5) is 27.4. The summed E-state index contributed by atoms with van der Waals surface area (Å²) in [7, 11) is 1.57. The summed E-state index contributed by atoms with van der Waals surface area (Å²) >= 11 is 1.23. The monoisotopic (exact) mass is 403 g/mol. The number of para-hydroxylation sites is 1. The number of benzene rings is 2. The number of aromatic nitrogens is 3. The van der Waals surface area contributed by atoms with E-state index in [1.54, 1.807) is 48.3 Å². The normalized spacial score (nSPS) is 12.3. The third-order valence-electron chi connectivity index (χ3n) is 4.24. The number of carbonyl (C=O) groups is 1. The number of nitrogens with zero attached hydrogens (tertiary/aromatic N) is 2. The molecule has 2 aromatic heterocycles. The van der Waals surface area contributed by atoms with Gasteiger partial charge in [0, 0.05) is 23.4 Å². The van der Waals surface area contributed by atoms with Gasteiger partial charge in [0.2, 0.25) is 0 Å². The van der Waals surface area contributed by atoms with Crippen LogP contribution in [0.1, 0.15) is 15.9 Å². The Kier molecular flexibility index (Phi) is 5.22. The van der Waals surface area contributed by atoms with Crippen molar-refractivity contribution in [3.63, 3.8) is 0 Å². The molecular formula is C22H17N3O3S. The number of aromatic amines is 1. The van der Waals surface area contributed by atoms with Gasteiger partial charge in [0.15, 0.2) is 5.78 Å². The fourth-order valence-electron chi connectivity index (χ4n) is 2.77. The molecule has 0 unspecified atom stereocenters. The van der Waals surface area contributed by atoms with Gasteiger partial charge in [0.25, 0.3) is 5.56 Å². The van der Waals surface area contributed by atoms with Gasteiger partial charge in [-0.1, -0.05) is 18.2 Å². The highest BCUT2D eigenvalue weighted by atomic mass is 32.1. The molecule has 0 spiro atoms. The molecule has 0 atom stereocenters. The molecule has 0 aliphatic heterocycles. The van der Waals surface area contributed by atoms with E-state index in [-0.39, 0.29) is 11.3 Å². The van der Waals surface area contributed by atoms with E-state index < -0.39 is 0 Å². The molecule has 0 aliphatic rings. The average Bonchev–Trinajstić information content (AvgIpc) is 3.35. The Morgan fingerprint density at radius 3 is 2.62 bits per heavy atom. The van der Waals surface area contributed by atoms with E-state index in [2.05, 4.69) is 10.1 Å². The van der Waals surface area contributed by atoms with Crippen LogP contribution in [-0.2, 0) is 0 Å². The molecule has 4 rings (SSSR count). The largest absolute Gasteiger partial charge is 0.497 e. The maximum absolute atomic E-state index is 12.4. The second-order valence-electron chi connectivity index (χ2n) is 6.22. The number of H-pyrrole nitrogens is 1. The van der Waals surface area contributed by atoms with E-state index in [0.29, 0.717) is 20.5 Å². The Morgan fingerprint density at radius 2 is 1.90 bits per heavy atom. The third kappa shape index (κ3) is 4.25. The number of ketones is 1. The lowest BCUT2D eigenvalue weighted by molar-refractivity contribution is 0.106. The summed E-state index contributed by atoms with van der Waals surface area (Å²) in [5.74, 6) is 0.493. The molecule has 0 aliphatic carbocycles. The van der Waals surface area contributed by atoms with Crippen LogP contribution in [0.15, 0.2) is 71.8 Å². The zero-order valence-electron chi connectivity index (χ0n) is 15.5. The van der Waals surface area contributed by atoms with Crippen LogP contribution < -0.4 is 19.5 Å². The second-order valence-corrected chi connectivity index (χ2v) is 7.30. The minimum Gasteiger partial charge on any atom is -0.497 e. The summed E-state index contributed by atoms with van der Waals surface area (Å²) in [6.45, 7) is 0. The third-order valence-corrected chi connectivity index (χ3v) is 5.20. The molecule has 4 aromatic rings. The predicted octanol–water partition coefficient (Wildman–Crippen LogP) is 2.12. The SMILES string of the molecule is COc1ccc(C(=O)/C=c2\[nH]c(=O)/c(=C\c3cnn(-c4ccccc4)c3)s2)cc1. The maximum atomic E-state index is 12.4. The lowest BCUT2D eigenvalue weighted by Gasteiger charge is -1.99. The number of rotatable bonds is 5. The summed E-state index contributed by atoms with van der Waals surface area (Å²) in [5, 5.41) is 4.33.